The second-order valence-corrected chi connectivity index (χ2v) is 5.62. The monoisotopic (exact) mass is 313 g/mol. The van der Waals surface area contributed by atoms with Crippen LogP contribution in [0.1, 0.15) is 31.7 Å². The van der Waals surface area contributed by atoms with Gasteiger partial charge in [0.2, 0.25) is 0 Å². The van der Waals surface area contributed by atoms with Crippen LogP contribution in [0.3, 0.4) is 0 Å². The van der Waals surface area contributed by atoms with E-state index in [0.717, 1.165) is 25.7 Å². The standard InChI is InChI=1S/C14H16ClN3O.ClH/c15-9-1-6-12-13(7-9)17-8-18(14(12)19)11-4-2-10(16)3-5-11;/h1,6-8,10-11H,2-5,16H2;1H. The predicted molar refractivity (Wildman–Crippen MR) is 83.7 cm³/mol. The highest BCUT2D eigenvalue weighted by atomic mass is 35.5. The van der Waals surface area contributed by atoms with Gasteiger partial charge in [-0.2, -0.15) is 0 Å². The van der Waals surface area contributed by atoms with Gasteiger partial charge in [0.25, 0.3) is 5.56 Å². The number of rotatable bonds is 1. The van der Waals surface area contributed by atoms with Crippen molar-refractivity contribution in [1.29, 1.82) is 0 Å². The van der Waals surface area contributed by atoms with E-state index < -0.39 is 0 Å². The first kappa shape index (κ1) is 15.3. The molecule has 0 atom stereocenters. The number of fused-ring (bicyclic) bond motifs is 1. The number of benzene rings is 1. The van der Waals surface area contributed by atoms with Crippen molar-refractivity contribution in [2.45, 2.75) is 37.8 Å². The molecule has 108 valence electrons. The summed E-state index contributed by atoms with van der Waals surface area (Å²) in [6.07, 6.45) is 5.47. The van der Waals surface area contributed by atoms with E-state index in [2.05, 4.69) is 4.98 Å². The molecule has 6 heteroatoms. The van der Waals surface area contributed by atoms with Crippen molar-refractivity contribution in [2.75, 3.05) is 0 Å². The molecule has 2 N–H and O–H groups in total. The molecule has 0 aliphatic heterocycles. The second kappa shape index (κ2) is 6.12. The summed E-state index contributed by atoms with van der Waals surface area (Å²) in [5.74, 6) is 0. The minimum atomic E-state index is 0. The van der Waals surface area contributed by atoms with Crippen LogP contribution >= 0.6 is 24.0 Å². The van der Waals surface area contributed by atoms with Crippen LogP contribution in [0.4, 0.5) is 0 Å². The van der Waals surface area contributed by atoms with Crippen molar-refractivity contribution in [3.8, 4) is 0 Å². The van der Waals surface area contributed by atoms with Crippen molar-refractivity contribution < 1.29 is 0 Å². The zero-order chi connectivity index (χ0) is 13.4. The summed E-state index contributed by atoms with van der Waals surface area (Å²) in [5.41, 5.74) is 6.57. The van der Waals surface area contributed by atoms with Gasteiger partial charge in [0.15, 0.2) is 0 Å². The average Bonchev–Trinajstić information content (AvgIpc) is 2.40. The molecule has 1 aliphatic carbocycles. The summed E-state index contributed by atoms with van der Waals surface area (Å²) in [7, 11) is 0. The van der Waals surface area contributed by atoms with Gasteiger partial charge in [-0.15, -0.1) is 12.4 Å². The Morgan fingerprint density at radius 1 is 1.25 bits per heavy atom. The topological polar surface area (TPSA) is 60.9 Å². The summed E-state index contributed by atoms with van der Waals surface area (Å²) in [5, 5.41) is 1.22. The number of aromatic nitrogens is 2. The van der Waals surface area contributed by atoms with E-state index in [4.69, 9.17) is 17.3 Å². The molecule has 1 heterocycles. The van der Waals surface area contributed by atoms with Gasteiger partial charge >= 0.3 is 0 Å². The van der Waals surface area contributed by atoms with Gasteiger partial charge in [0.05, 0.1) is 17.2 Å². The van der Waals surface area contributed by atoms with E-state index >= 15 is 0 Å². The van der Waals surface area contributed by atoms with Crippen LogP contribution in [0.2, 0.25) is 5.02 Å². The van der Waals surface area contributed by atoms with Gasteiger partial charge in [-0.05, 0) is 43.9 Å². The van der Waals surface area contributed by atoms with Gasteiger partial charge in [0, 0.05) is 17.1 Å². The summed E-state index contributed by atoms with van der Waals surface area (Å²) in [6.45, 7) is 0. The van der Waals surface area contributed by atoms with Gasteiger partial charge in [0.1, 0.15) is 0 Å². The lowest BCUT2D eigenvalue weighted by atomic mass is 9.91. The van der Waals surface area contributed by atoms with Crippen LogP contribution in [-0.2, 0) is 0 Å². The minimum Gasteiger partial charge on any atom is -0.328 e. The van der Waals surface area contributed by atoms with E-state index in [9.17, 15) is 4.79 Å². The Morgan fingerprint density at radius 3 is 2.65 bits per heavy atom. The Hall–Kier alpha value is -1.10. The van der Waals surface area contributed by atoms with Gasteiger partial charge < -0.3 is 5.73 Å². The van der Waals surface area contributed by atoms with E-state index in [0.29, 0.717) is 15.9 Å². The maximum atomic E-state index is 12.5. The van der Waals surface area contributed by atoms with Crippen molar-refractivity contribution in [1.82, 2.24) is 9.55 Å². The van der Waals surface area contributed by atoms with Crippen LogP contribution in [0.15, 0.2) is 29.3 Å². The van der Waals surface area contributed by atoms with E-state index in [-0.39, 0.29) is 30.0 Å². The van der Waals surface area contributed by atoms with Crippen molar-refractivity contribution >= 4 is 34.9 Å². The van der Waals surface area contributed by atoms with Crippen LogP contribution in [-0.4, -0.2) is 15.6 Å². The van der Waals surface area contributed by atoms with Crippen molar-refractivity contribution in [2.24, 2.45) is 5.73 Å². The van der Waals surface area contributed by atoms with Crippen LogP contribution in [0.5, 0.6) is 0 Å². The fourth-order valence-corrected chi connectivity index (χ4v) is 2.91. The molecule has 4 nitrogen and oxygen atoms in total. The lowest BCUT2D eigenvalue weighted by Gasteiger charge is -2.27. The summed E-state index contributed by atoms with van der Waals surface area (Å²) < 4.78 is 1.75. The zero-order valence-corrected chi connectivity index (χ0v) is 12.5. The average molecular weight is 314 g/mol. The molecule has 2 aromatic rings. The molecular weight excluding hydrogens is 297 g/mol. The largest absolute Gasteiger partial charge is 0.328 e. The highest BCUT2D eigenvalue weighted by Crippen LogP contribution is 2.26. The number of nitrogens with two attached hydrogens (primary N) is 1. The van der Waals surface area contributed by atoms with Gasteiger partial charge in [-0.1, -0.05) is 11.6 Å². The highest BCUT2D eigenvalue weighted by molar-refractivity contribution is 6.31. The Morgan fingerprint density at radius 2 is 1.95 bits per heavy atom. The van der Waals surface area contributed by atoms with Crippen molar-refractivity contribution in [3.05, 3.63) is 39.9 Å². The molecule has 1 aromatic carbocycles. The quantitative estimate of drug-likeness (QED) is 0.880. The Bertz CT molecular complexity index is 663. The number of hydrogen-bond acceptors (Lipinski definition) is 3. The van der Waals surface area contributed by atoms with Crippen LogP contribution < -0.4 is 11.3 Å². The number of hydrogen-bond donors (Lipinski definition) is 1. The van der Waals surface area contributed by atoms with Gasteiger partial charge in [-0.3, -0.25) is 9.36 Å². The smallest absolute Gasteiger partial charge is 0.261 e. The molecule has 0 bridgehead atoms. The zero-order valence-electron chi connectivity index (χ0n) is 11.0. The Labute approximate surface area is 128 Å². The van der Waals surface area contributed by atoms with Crippen LogP contribution in [0, 0.1) is 0 Å². The molecule has 20 heavy (non-hydrogen) atoms. The predicted octanol–water partition coefficient (Wildman–Crippen LogP) is 2.91. The third kappa shape index (κ3) is 2.82. The van der Waals surface area contributed by atoms with Crippen LogP contribution in [0.25, 0.3) is 10.9 Å². The van der Waals surface area contributed by atoms with Gasteiger partial charge in [-0.25, -0.2) is 4.98 Å². The summed E-state index contributed by atoms with van der Waals surface area (Å²) in [6, 6.07) is 5.70. The molecular formula is C14H17Cl2N3O. The molecule has 0 spiro atoms. The SMILES string of the molecule is Cl.NC1CCC(n2cnc3cc(Cl)ccc3c2=O)CC1. The second-order valence-electron chi connectivity index (χ2n) is 5.19. The Balaban J connectivity index is 0.00000147. The summed E-state index contributed by atoms with van der Waals surface area (Å²) >= 11 is 5.91. The first-order valence-electron chi connectivity index (χ1n) is 6.57. The Kier molecular flexibility index (Phi) is 4.68. The van der Waals surface area contributed by atoms with Crippen molar-refractivity contribution in [3.63, 3.8) is 0 Å². The van der Waals surface area contributed by atoms with E-state index in [1.54, 1.807) is 29.1 Å². The van der Waals surface area contributed by atoms with E-state index in [1.807, 2.05) is 0 Å². The molecule has 1 saturated carbocycles. The lowest BCUT2D eigenvalue weighted by molar-refractivity contribution is 0.317. The molecule has 1 aliphatic rings. The normalized spacial score (nSPS) is 22.5. The molecule has 0 unspecified atom stereocenters. The number of halogens is 2. The lowest BCUT2D eigenvalue weighted by Crippen LogP contribution is -2.32. The van der Waals surface area contributed by atoms with E-state index in [1.165, 1.54) is 0 Å². The molecule has 1 aromatic heterocycles. The third-order valence-corrected chi connectivity index (χ3v) is 4.12. The summed E-state index contributed by atoms with van der Waals surface area (Å²) in [4.78, 5) is 16.8. The molecule has 0 saturated heterocycles. The molecule has 0 radical (unpaired) electrons. The minimum absolute atomic E-state index is 0. The maximum absolute atomic E-state index is 12.5. The first-order chi connectivity index (χ1) is 9.15. The fraction of sp³-hybridized carbons (Fsp3) is 0.429. The number of nitrogens with zero attached hydrogens (tertiary/aromatic N) is 2. The molecule has 3 rings (SSSR count). The highest BCUT2D eigenvalue weighted by Gasteiger charge is 2.21. The maximum Gasteiger partial charge on any atom is 0.261 e. The first-order valence-corrected chi connectivity index (χ1v) is 6.95. The third-order valence-electron chi connectivity index (χ3n) is 3.88. The molecule has 1 fully saturated rings. The molecule has 0 amide bonds. The fourth-order valence-electron chi connectivity index (χ4n) is 2.75.